The van der Waals surface area contributed by atoms with Crippen LogP contribution in [0.15, 0.2) is 224 Å². The minimum absolute atomic E-state index is 0.118. The van der Waals surface area contributed by atoms with Gasteiger partial charge in [-0.3, -0.25) is 4.57 Å². The van der Waals surface area contributed by atoms with E-state index in [4.69, 9.17) is 19.1 Å². The first-order valence-corrected chi connectivity index (χ1v) is 20.5. The lowest BCUT2D eigenvalue weighted by Gasteiger charge is -2.19. The monoisotopic (exact) mass is 796 g/mol. The van der Waals surface area contributed by atoms with Gasteiger partial charge in [0.2, 0.25) is 5.95 Å². The van der Waals surface area contributed by atoms with Gasteiger partial charge in [-0.1, -0.05) is 206 Å². The molecule has 0 unspecified atom stereocenters. The molecule has 0 fully saturated rings. The fourth-order valence-electron chi connectivity index (χ4n) is 8.93. The quantitative estimate of drug-likeness (QED) is 0.161. The van der Waals surface area contributed by atoms with Gasteiger partial charge >= 0.3 is 0 Å². The zero-order chi connectivity index (χ0) is 45.3. The van der Waals surface area contributed by atoms with Crippen LogP contribution in [0.5, 0.6) is 0 Å². The van der Waals surface area contributed by atoms with Crippen LogP contribution in [0.1, 0.15) is 6.85 Å². The van der Waals surface area contributed by atoms with Gasteiger partial charge in [-0.2, -0.15) is 9.97 Å². The topological polar surface area (TPSA) is 48.5 Å². The Labute approximate surface area is 365 Å². The van der Waals surface area contributed by atoms with E-state index in [0.29, 0.717) is 28.8 Å². The second kappa shape index (κ2) is 14.7. The average molecular weight is 797 g/mol. The molecule has 5 heteroatoms. The number of aromatic nitrogens is 5. The fraction of sp³-hybridized carbons (Fsp3) is 0. The summed E-state index contributed by atoms with van der Waals surface area (Å²) < 4.78 is 49.2. The summed E-state index contributed by atoms with van der Waals surface area (Å²) in [6.07, 6.45) is 0. The zero-order valence-corrected chi connectivity index (χ0v) is 33.2. The minimum Gasteiger partial charge on any atom is -0.307 e. The van der Waals surface area contributed by atoms with Gasteiger partial charge in [0.1, 0.15) is 0 Å². The van der Waals surface area contributed by atoms with Crippen LogP contribution < -0.4 is 0 Å². The van der Waals surface area contributed by atoms with Crippen molar-refractivity contribution in [2.45, 2.75) is 0 Å². The van der Waals surface area contributed by atoms with Crippen molar-refractivity contribution in [3.8, 4) is 67.8 Å². The number of benzene rings is 9. The van der Waals surface area contributed by atoms with Gasteiger partial charge in [0.15, 0.2) is 11.6 Å². The highest BCUT2D eigenvalue weighted by Gasteiger charge is 2.25. The SMILES string of the molecule is [2H]c1c([2H])c([2H])c(-c2c(-c3ccccc3)cccc2-n2c3ccccc3c3ccc4c5ccccc5n(-c5nc(-c6ccccc6)nc(-c6ccc(-c7ccccc7)cc6)n5)c4c32)c([2H])c1[2H]. The van der Waals surface area contributed by atoms with Gasteiger partial charge in [0.05, 0.1) is 34.6 Å². The summed E-state index contributed by atoms with van der Waals surface area (Å²) in [5.41, 5.74) is 10.2. The molecule has 3 heterocycles. The van der Waals surface area contributed by atoms with Crippen LogP contribution in [0.2, 0.25) is 0 Å². The molecule has 290 valence electrons. The molecule has 0 aliphatic rings. The summed E-state index contributed by atoms with van der Waals surface area (Å²) in [4.78, 5) is 15.7. The molecule has 0 amide bonds. The van der Waals surface area contributed by atoms with Crippen LogP contribution in [-0.2, 0) is 0 Å². The number of nitrogens with zero attached hydrogens (tertiary/aromatic N) is 5. The van der Waals surface area contributed by atoms with Crippen molar-refractivity contribution in [1.29, 1.82) is 0 Å². The van der Waals surface area contributed by atoms with E-state index in [1.165, 1.54) is 0 Å². The predicted molar refractivity (Wildman–Crippen MR) is 256 cm³/mol. The summed E-state index contributed by atoms with van der Waals surface area (Å²) in [6, 6.07) is 63.2. The van der Waals surface area contributed by atoms with Crippen LogP contribution in [0, 0.1) is 0 Å². The fourth-order valence-corrected chi connectivity index (χ4v) is 8.93. The number of rotatable bonds is 7. The lowest BCUT2D eigenvalue weighted by molar-refractivity contribution is 0.953. The maximum Gasteiger partial charge on any atom is 0.238 e. The lowest BCUT2D eigenvalue weighted by atomic mass is 9.93. The molecule has 12 rings (SSSR count). The summed E-state index contributed by atoms with van der Waals surface area (Å²) in [5, 5.41) is 3.90. The molecule has 0 aliphatic heterocycles. The van der Waals surface area contributed by atoms with Gasteiger partial charge < -0.3 is 4.57 Å². The second-order valence-corrected chi connectivity index (χ2v) is 15.2. The van der Waals surface area contributed by atoms with E-state index < -0.39 is 18.1 Å². The molecule has 0 saturated carbocycles. The molecule has 0 aliphatic carbocycles. The summed E-state index contributed by atoms with van der Waals surface area (Å²) in [6.45, 7) is 0. The highest BCUT2D eigenvalue weighted by atomic mass is 15.2. The molecule has 0 saturated heterocycles. The predicted octanol–water partition coefficient (Wildman–Crippen LogP) is 14.4. The number of fused-ring (bicyclic) bond motifs is 7. The molecule has 3 aromatic heterocycles. The maximum absolute atomic E-state index is 9.36. The van der Waals surface area contributed by atoms with E-state index in [1.54, 1.807) is 0 Å². The third-order valence-electron chi connectivity index (χ3n) is 11.7. The van der Waals surface area contributed by atoms with Crippen molar-refractivity contribution < 1.29 is 6.85 Å². The molecule has 0 radical (unpaired) electrons. The molecular formula is C57H37N5. The van der Waals surface area contributed by atoms with E-state index >= 15 is 0 Å². The van der Waals surface area contributed by atoms with Crippen LogP contribution in [0.3, 0.4) is 0 Å². The molecule has 9 aromatic carbocycles. The minimum atomic E-state index is -0.445. The molecule has 0 spiro atoms. The lowest BCUT2D eigenvalue weighted by Crippen LogP contribution is -2.07. The number of para-hydroxylation sites is 2. The Kier molecular flexibility index (Phi) is 7.25. The van der Waals surface area contributed by atoms with E-state index in [0.717, 1.165) is 77.0 Å². The smallest absolute Gasteiger partial charge is 0.238 e. The van der Waals surface area contributed by atoms with Crippen LogP contribution >= 0.6 is 0 Å². The standard InChI is InChI=1S/C57H37N5/c1-5-18-38(19-6-1)39-32-34-43(35-33-39)56-58-55(42-24-11-4-12-25-42)59-57(60-56)62-50-30-16-14-27-46(50)48-37-36-47-45-26-13-15-29-49(45)61(53(47)54(48)62)51-31-17-28-44(40-20-7-2-8-21-40)52(51)41-22-9-3-10-23-41/h1-37H/i3D,9D,10D,22D,23D. The van der Waals surface area contributed by atoms with Crippen LogP contribution in [0.4, 0.5) is 0 Å². The first kappa shape index (κ1) is 30.6. The summed E-state index contributed by atoms with van der Waals surface area (Å²) in [7, 11) is 0. The molecule has 0 bridgehead atoms. The van der Waals surface area contributed by atoms with Crippen molar-refractivity contribution in [3.05, 3.63) is 224 Å². The average Bonchev–Trinajstić information content (AvgIpc) is 3.91. The van der Waals surface area contributed by atoms with Crippen molar-refractivity contribution in [2.24, 2.45) is 0 Å². The molecular weight excluding hydrogens is 755 g/mol. The second-order valence-electron chi connectivity index (χ2n) is 15.2. The van der Waals surface area contributed by atoms with Gasteiger partial charge in [-0.25, -0.2) is 4.98 Å². The van der Waals surface area contributed by atoms with Gasteiger partial charge in [0.25, 0.3) is 0 Å². The van der Waals surface area contributed by atoms with Crippen molar-refractivity contribution in [2.75, 3.05) is 0 Å². The highest BCUT2D eigenvalue weighted by molar-refractivity contribution is 6.24. The van der Waals surface area contributed by atoms with Crippen molar-refractivity contribution in [1.82, 2.24) is 24.1 Å². The molecule has 12 aromatic rings. The van der Waals surface area contributed by atoms with E-state index in [9.17, 15) is 2.74 Å². The number of hydrogen-bond donors (Lipinski definition) is 0. The largest absolute Gasteiger partial charge is 0.307 e. The first-order valence-electron chi connectivity index (χ1n) is 23.0. The van der Waals surface area contributed by atoms with Crippen molar-refractivity contribution in [3.63, 3.8) is 0 Å². The first-order chi connectivity index (χ1) is 32.9. The van der Waals surface area contributed by atoms with Gasteiger partial charge in [0, 0.05) is 38.2 Å². The van der Waals surface area contributed by atoms with E-state index in [2.05, 4.69) is 81.9 Å². The third kappa shape index (κ3) is 5.82. The zero-order valence-electron chi connectivity index (χ0n) is 38.2. The van der Waals surface area contributed by atoms with Gasteiger partial charge in [-0.05, 0) is 46.0 Å². The summed E-state index contributed by atoms with van der Waals surface area (Å²) in [5.74, 6) is 1.46. The molecule has 5 nitrogen and oxygen atoms in total. The molecule has 0 atom stereocenters. The van der Waals surface area contributed by atoms with Crippen molar-refractivity contribution >= 4 is 43.6 Å². The molecule has 62 heavy (non-hydrogen) atoms. The Morgan fingerprint density at radius 2 is 0.823 bits per heavy atom. The van der Waals surface area contributed by atoms with Crippen LogP contribution in [-0.4, -0.2) is 24.1 Å². The van der Waals surface area contributed by atoms with E-state index in [1.807, 2.05) is 121 Å². The highest BCUT2D eigenvalue weighted by Crippen LogP contribution is 2.45. The molecule has 0 N–H and O–H groups in total. The van der Waals surface area contributed by atoms with E-state index in [-0.39, 0.29) is 17.6 Å². The number of hydrogen-bond acceptors (Lipinski definition) is 3. The van der Waals surface area contributed by atoms with Gasteiger partial charge in [-0.15, -0.1) is 0 Å². The third-order valence-corrected chi connectivity index (χ3v) is 11.7. The van der Waals surface area contributed by atoms with Crippen LogP contribution in [0.25, 0.3) is 111 Å². The Bertz CT molecular complexity index is 3880. The Hall–Kier alpha value is -8.41. The summed E-state index contributed by atoms with van der Waals surface area (Å²) >= 11 is 0. The maximum atomic E-state index is 9.36. The Morgan fingerprint density at radius 1 is 0.339 bits per heavy atom. The Morgan fingerprint density at radius 3 is 1.45 bits per heavy atom. The Balaban J connectivity index is 1.22. The normalized spacial score (nSPS) is 12.7.